The minimum Gasteiger partial charge on any atom is -0.278 e. The highest BCUT2D eigenvalue weighted by Crippen LogP contribution is 2.56. The lowest BCUT2D eigenvalue weighted by molar-refractivity contribution is 0.769. The van der Waals surface area contributed by atoms with Gasteiger partial charge < -0.3 is 0 Å². The summed E-state index contributed by atoms with van der Waals surface area (Å²) in [6.45, 7) is 0. The van der Waals surface area contributed by atoms with Crippen LogP contribution in [0.3, 0.4) is 0 Å². The molecule has 0 bridgehead atoms. The second kappa shape index (κ2) is 14.5. The molecule has 0 atom stereocenters. The fraction of sp³-hybridized carbons (Fsp3) is 0.0172. The van der Waals surface area contributed by atoms with E-state index in [0.717, 1.165) is 49.6 Å². The van der Waals surface area contributed by atoms with Gasteiger partial charge in [0.1, 0.15) is 0 Å². The number of rotatable bonds is 7. The molecule has 290 valence electrons. The van der Waals surface area contributed by atoms with Crippen LogP contribution in [0.1, 0.15) is 22.3 Å². The molecule has 9 aromatic carbocycles. The van der Waals surface area contributed by atoms with Crippen molar-refractivity contribution < 1.29 is 0 Å². The Hall–Kier alpha value is -8.21. The van der Waals surface area contributed by atoms with Crippen LogP contribution < -0.4 is 0 Å². The average Bonchev–Trinajstić information content (AvgIpc) is 3.85. The third kappa shape index (κ3) is 5.65. The van der Waals surface area contributed by atoms with Crippen molar-refractivity contribution in [2.75, 3.05) is 0 Å². The van der Waals surface area contributed by atoms with E-state index in [1.165, 1.54) is 38.9 Å². The highest BCUT2D eigenvalue weighted by Gasteiger charge is 2.46. The largest absolute Gasteiger partial charge is 0.278 e. The zero-order valence-electron chi connectivity index (χ0n) is 33.7. The van der Waals surface area contributed by atoms with Gasteiger partial charge in [-0.1, -0.05) is 212 Å². The molecule has 1 aliphatic rings. The van der Waals surface area contributed by atoms with E-state index < -0.39 is 5.41 Å². The van der Waals surface area contributed by atoms with Crippen LogP contribution in [0.4, 0.5) is 0 Å². The zero-order chi connectivity index (χ0) is 41.0. The van der Waals surface area contributed by atoms with Gasteiger partial charge in [-0.2, -0.15) is 9.97 Å². The van der Waals surface area contributed by atoms with Crippen molar-refractivity contribution in [1.29, 1.82) is 0 Å². The van der Waals surface area contributed by atoms with Gasteiger partial charge in [0.25, 0.3) is 0 Å². The Morgan fingerprint density at radius 2 is 0.774 bits per heavy atom. The van der Waals surface area contributed by atoms with E-state index in [1.54, 1.807) is 0 Å². The summed E-state index contributed by atoms with van der Waals surface area (Å²) >= 11 is 0. The van der Waals surface area contributed by atoms with Crippen molar-refractivity contribution >= 4 is 21.8 Å². The molecule has 1 aliphatic carbocycles. The maximum absolute atomic E-state index is 5.27. The molecule has 4 heteroatoms. The van der Waals surface area contributed by atoms with E-state index >= 15 is 0 Å². The van der Waals surface area contributed by atoms with Crippen molar-refractivity contribution in [1.82, 2.24) is 19.5 Å². The van der Waals surface area contributed by atoms with Crippen LogP contribution in [-0.4, -0.2) is 19.5 Å². The minimum absolute atomic E-state index is 0.488. The summed E-state index contributed by atoms with van der Waals surface area (Å²) in [5.41, 5.74) is 15.6. The molecule has 0 amide bonds. The molecule has 0 fully saturated rings. The number of fused-ring (bicyclic) bond motifs is 6. The molecular weight excluding hydrogens is 753 g/mol. The lowest BCUT2D eigenvalue weighted by Gasteiger charge is -2.34. The second-order valence-corrected chi connectivity index (χ2v) is 16.0. The molecule has 0 N–H and O–H groups in total. The highest BCUT2D eigenvalue weighted by atomic mass is 15.2. The van der Waals surface area contributed by atoms with E-state index in [1.807, 2.05) is 24.3 Å². The Kier molecular flexibility index (Phi) is 8.36. The predicted octanol–water partition coefficient (Wildman–Crippen LogP) is 14.0. The first-order valence-electron chi connectivity index (χ1n) is 21.1. The molecule has 2 heterocycles. The zero-order valence-corrected chi connectivity index (χ0v) is 33.7. The van der Waals surface area contributed by atoms with E-state index in [2.05, 4.69) is 211 Å². The van der Waals surface area contributed by atoms with Gasteiger partial charge in [-0.05, 0) is 73.8 Å². The first-order valence-corrected chi connectivity index (χ1v) is 21.1. The summed E-state index contributed by atoms with van der Waals surface area (Å²) in [4.78, 5) is 15.6. The molecule has 0 saturated carbocycles. The Morgan fingerprint density at radius 3 is 1.47 bits per heavy atom. The molecule has 12 rings (SSSR count). The number of para-hydroxylation sites is 1. The Bertz CT molecular complexity index is 3390. The standard InChI is InChI=1S/C58H38N4/c1-5-17-39(18-6-1)40-29-31-42(32-30-40)56-59-55(41-19-7-2-8-20-41)60-57(61-56)62-53-28-16-14-26-49(53)50-36-34-44(38-54(50)62)43-33-35-48-47-25-13-15-27-51(47)58(52(48)37-43,45-21-9-3-10-22-45)46-23-11-4-12-24-46/h1-38H. The van der Waals surface area contributed by atoms with Crippen molar-refractivity contribution in [3.8, 4) is 62.1 Å². The molecule has 0 saturated heterocycles. The van der Waals surface area contributed by atoms with Crippen molar-refractivity contribution in [3.63, 3.8) is 0 Å². The van der Waals surface area contributed by atoms with Crippen LogP contribution in [0.15, 0.2) is 231 Å². The van der Waals surface area contributed by atoms with Gasteiger partial charge >= 0.3 is 0 Å². The van der Waals surface area contributed by atoms with Gasteiger partial charge in [0.2, 0.25) is 5.95 Å². The minimum atomic E-state index is -0.488. The summed E-state index contributed by atoms with van der Waals surface area (Å²) in [6.07, 6.45) is 0. The maximum Gasteiger partial charge on any atom is 0.238 e. The second-order valence-electron chi connectivity index (χ2n) is 16.0. The van der Waals surface area contributed by atoms with Crippen molar-refractivity contribution in [2.24, 2.45) is 0 Å². The lowest BCUT2D eigenvalue weighted by Crippen LogP contribution is -2.28. The highest BCUT2D eigenvalue weighted by molar-refractivity contribution is 6.10. The van der Waals surface area contributed by atoms with Gasteiger partial charge in [-0.3, -0.25) is 4.57 Å². The third-order valence-electron chi connectivity index (χ3n) is 12.6. The van der Waals surface area contributed by atoms with Crippen LogP contribution in [0.2, 0.25) is 0 Å². The van der Waals surface area contributed by atoms with Gasteiger partial charge in [0, 0.05) is 21.9 Å². The summed E-state index contributed by atoms with van der Waals surface area (Å²) < 4.78 is 2.21. The van der Waals surface area contributed by atoms with Crippen molar-refractivity contribution in [2.45, 2.75) is 5.41 Å². The van der Waals surface area contributed by atoms with E-state index in [4.69, 9.17) is 15.0 Å². The Balaban J connectivity index is 1.06. The van der Waals surface area contributed by atoms with Crippen molar-refractivity contribution in [3.05, 3.63) is 253 Å². The van der Waals surface area contributed by atoms with Gasteiger partial charge in [-0.15, -0.1) is 0 Å². The fourth-order valence-corrected chi connectivity index (χ4v) is 9.74. The summed E-state index contributed by atoms with van der Waals surface area (Å²) in [5, 5.41) is 2.28. The number of hydrogen-bond donors (Lipinski definition) is 0. The Morgan fingerprint density at radius 1 is 0.306 bits per heavy atom. The van der Waals surface area contributed by atoms with Crippen LogP contribution >= 0.6 is 0 Å². The quantitative estimate of drug-likeness (QED) is 0.161. The normalized spacial score (nSPS) is 12.6. The molecule has 11 aromatic rings. The summed E-state index contributed by atoms with van der Waals surface area (Å²) in [6, 6.07) is 82.4. The molecule has 0 radical (unpaired) electrons. The third-order valence-corrected chi connectivity index (χ3v) is 12.6. The van der Waals surface area contributed by atoms with Crippen LogP contribution in [-0.2, 0) is 5.41 Å². The predicted molar refractivity (Wildman–Crippen MR) is 253 cm³/mol. The van der Waals surface area contributed by atoms with Gasteiger partial charge in [0.05, 0.1) is 16.4 Å². The van der Waals surface area contributed by atoms with Crippen LogP contribution in [0.25, 0.3) is 83.9 Å². The van der Waals surface area contributed by atoms with Crippen LogP contribution in [0.5, 0.6) is 0 Å². The fourth-order valence-electron chi connectivity index (χ4n) is 9.74. The number of nitrogens with zero attached hydrogens (tertiary/aromatic N) is 4. The molecule has 0 spiro atoms. The average molecular weight is 791 g/mol. The lowest BCUT2D eigenvalue weighted by atomic mass is 9.67. The Labute approximate surface area is 360 Å². The van der Waals surface area contributed by atoms with Gasteiger partial charge in [0.15, 0.2) is 11.6 Å². The molecular formula is C58H38N4. The van der Waals surface area contributed by atoms with E-state index in [0.29, 0.717) is 17.6 Å². The molecule has 0 aliphatic heterocycles. The molecule has 2 aromatic heterocycles. The number of hydrogen-bond acceptors (Lipinski definition) is 3. The molecule has 4 nitrogen and oxygen atoms in total. The molecule has 62 heavy (non-hydrogen) atoms. The molecule has 0 unspecified atom stereocenters. The first kappa shape index (κ1) is 35.7. The topological polar surface area (TPSA) is 43.6 Å². The summed E-state index contributed by atoms with van der Waals surface area (Å²) in [7, 11) is 0. The smallest absolute Gasteiger partial charge is 0.238 e. The van der Waals surface area contributed by atoms with E-state index in [9.17, 15) is 0 Å². The number of aromatic nitrogens is 4. The van der Waals surface area contributed by atoms with Gasteiger partial charge in [-0.25, -0.2) is 4.98 Å². The number of benzene rings is 9. The monoisotopic (exact) mass is 790 g/mol. The SMILES string of the molecule is c1ccc(-c2ccc(-c3nc(-c4ccccc4)nc(-n4c5ccccc5c5ccc(-c6ccc7c(c6)C(c6ccccc6)(c6ccccc6)c6ccccc6-7)cc54)n3)cc2)cc1. The summed E-state index contributed by atoms with van der Waals surface area (Å²) in [5.74, 6) is 1.81. The van der Waals surface area contributed by atoms with Crippen LogP contribution in [0, 0.1) is 0 Å². The first-order chi connectivity index (χ1) is 30.7. The van der Waals surface area contributed by atoms with E-state index in [-0.39, 0.29) is 0 Å². The maximum atomic E-state index is 5.27.